The van der Waals surface area contributed by atoms with Gasteiger partial charge in [-0.1, -0.05) is 29.3 Å². The van der Waals surface area contributed by atoms with Crippen LogP contribution in [0, 0.1) is 13.8 Å². The Morgan fingerprint density at radius 2 is 1.94 bits per heavy atom. The quantitative estimate of drug-likeness (QED) is 0.726. The Kier molecular flexibility index (Phi) is 5.12. The van der Waals surface area contributed by atoms with Gasteiger partial charge in [-0.25, -0.2) is 0 Å². The monoisotopic (exact) mass is 236 g/mol. The van der Waals surface area contributed by atoms with Crippen molar-refractivity contribution in [2.24, 2.45) is 5.73 Å². The van der Waals surface area contributed by atoms with Crippen molar-refractivity contribution >= 4 is 5.91 Å². The summed E-state index contributed by atoms with van der Waals surface area (Å²) in [7, 11) is 1.62. The molecule has 0 aliphatic carbocycles. The van der Waals surface area contributed by atoms with Crippen molar-refractivity contribution in [2.45, 2.75) is 19.9 Å². The van der Waals surface area contributed by atoms with Crippen LogP contribution in [0.3, 0.4) is 0 Å². The number of amides is 1. The molecule has 0 aromatic heterocycles. The van der Waals surface area contributed by atoms with E-state index in [1.165, 1.54) is 0 Å². The van der Waals surface area contributed by atoms with Crippen molar-refractivity contribution in [1.29, 1.82) is 0 Å². The first kappa shape index (κ1) is 13.7. The van der Waals surface area contributed by atoms with Gasteiger partial charge in [0.2, 0.25) is 5.91 Å². The minimum absolute atomic E-state index is 0.369. The zero-order valence-electron chi connectivity index (χ0n) is 10.6. The number of aryl methyl sites for hydroxylation is 2. The summed E-state index contributed by atoms with van der Waals surface area (Å²) >= 11 is 0. The third kappa shape index (κ3) is 4.17. The van der Waals surface area contributed by atoms with Crippen molar-refractivity contribution < 1.29 is 9.53 Å². The Hall–Kier alpha value is -1.39. The van der Waals surface area contributed by atoms with Crippen LogP contribution in [0.15, 0.2) is 18.2 Å². The molecule has 1 atom stereocenters. The number of hydrogen-bond acceptors (Lipinski definition) is 3. The van der Waals surface area contributed by atoms with Crippen molar-refractivity contribution in [1.82, 2.24) is 5.32 Å². The van der Waals surface area contributed by atoms with Crippen molar-refractivity contribution in [2.75, 3.05) is 20.3 Å². The lowest BCUT2D eigenvalue weighted by Crippen LogP contribution is -2.35. The fourth-order valence-corrected chi connectivity index (χ4v) is 1.86. The maximum atomic E-state index is 11.4. The van der Waals surface area contributed by atoms with E-state index < -0.39 is 6.04 Å². The number of rotatable bonds is 6. The van der Waals surface area contributed by atoms with Crippen LogP contribution in [0.4, 0.5) is 0 Å². The van der Waals surface area contributed by atoms with Gasteiger partial charge >= 0.3 is 0 Å². The molecule has 1 unspecified atom stereocenters. The van der Waals surface area contributed by atoms with Crippen LogP contribution in [-0.4, -0.2) is 26.2 Å². The molecule has 0 saturated heterocycles. The summed E-state index contributed by atoms with van der Waals surface area (Å²) in [5.74, 6) is -0.369. The van der Waals surface area contributed by atoms with E-state index in [0.717, 1.165) is 16.7 Å². The molecule has 0 spiro atoms. The average molecular weight is 236 g/mol. The number of primary amides is 1. The fourth-order valence-electron chi connectivity index (χ4n) is 1.86. The molecule has 0 bridgehead atoms. The standard InChI is InChI=1S/C13H20N2O2/c1-9-6-10(2)8-11(7-9)12(13(14)16)15-4-5-17-3/h6-8,12,15H,4-5H2,1-3H3,(H2,14,16). The summed E-state index contributed by atoms with van der Waals surface area (Å²) in [6.07, 6.45) is 0. The second-order valence-corrected chi connectivity index (χ2v) is 4.20. The Balaban J connectivity index is 2.85. The highest BCUT2D eigenvalue weighted by atomic mass is 16.5. The lowest BCUT2D eigenvalue weighted by atomic mass is 10.0. The minimum atomic E-state index is -0.455. The number of ether oxygens (including phenoxy) is 1. The van der Waals surface area contributed by atoms with Gasteiger partial charge in [-0.2, -0.15) is 0 Å². The Labute approximate surface area is 102 Å². The summed E-state index contributed by atoms with van der Waals surface area (Å²) in [6, 6.07) is 5.56. The number of benzene rings is 1. The molecule has 1 rings (SSSR count). The van der Waals surface area contributed by atoms with E-state index >= 15 is 0 Å². The smallest absolute Gasteiger partial charge is 0.239 e. The fraction of sp³-hybridized carbons (Fsp3) is 0.462. The first-order chi connectivity index (χ1) is 8.04. The molecule has 0 aliphatic heterocycles. The number of carbonyl (C=O) groups is 1. The zero-order chi connectivity index (χ0) is 12.8. The molecule has 0 saturated carbocycles. The highest BCUT2D eigenvalue weighted by Gasteiger charge is 2.17. The van der Waals surface area contributed by atoms with E-state index in [4.69, 9.17) is 10.5 Å². The first-order valence-electron chi connectivity index (χ1n) is 5.64. The van der Waals surface area contributed by atoms with Crippen LogP contribution < -0.4 is 11.1 Å². The van der Waals surface area contributed by atoms with E-state index in [2.05, 4.69) is 11.4 Å². The SMILES string of the molecule is COCCNC(C(N)=O)c1cc(C)cc(C)c1. The van der Waals surface area contributed by atoms with Crippen molar-refractivity contribution in [3.05, 3.63) is 34.9 Å². The molecule has 94 valence electrons. The van der Waals surface area contributed by atoms with Crippen LogP contribution >= 0.6 is 0 Å². The highest BCUT2D eigenvalue weighted by Crippen LogP contribution is 2.16. The molecule has 4 heteroatoms. The Bertz CT molecular complexity index is 371. The molecule has 4 nitrogen and oxygen atoms in total. The molecule has 0 aliphatic rings. The van der Waals surface area contributed by atoms with Gasteiger partial charge in [0, 0.05) is 13.7 Å². The lowest BCUT2D eigenvalue weighted by Gasteiger charge is -2.16. The minimum Gasteiger partial charge on any atom is -0.383 e. The molecule has 1 aromatic rings. The maximum Gasteiger partial charge on any atom is 0.239 e. The Morgan fingerprint density at radius 1 is 1.35 bits per heavy atom. The van der Waals surface area contributed by atoms with E-state index in [9.17, 15) is 4.79 Å². The van der Waals surface area contributed by atoms with Crippen molar-refractivity contribution in [3.8, 4) is 0 Å². The van der Waals surface area contributed by atoms with Crippen molar-refractivity contribution in [3.63, 3.8) is 0 Å². The summed E-state index contributed by atoms with van der Waals surface area (Å²) in [5.41, 5.74) is 8.57. The van der Waals surface area contributed by atoms with Crippen LogP contribution in [0.25, 0.3) is 0 Å². The van der Waals surface area contributed by atoms with Gasteiger partial charge in [0.05, 0.1) is 6.61 Å². The van der Waals surface area contributed by atoms with Crippen LogP contribution in [-0.2, 0) is 9.53 Å². The van der Waals surface area contributed by atoms with E-state index in [0.29, 0.717) is 13.2 Å². The number of carbonyl (C=O) groups excluding carboxylic acids is 1. The van der Waals surface area contributed by atoms with Gasteiger partial charge in [-0.15, -0.1) is 0 Å². The number of nitrogens with two attached hydrogens (primary N) is 1. The molecule has 1 amide bonds. The number of methoxy groups -OCH3 is 1. The predicted molar refractivity (Wildman–Crippen MR) is 67.7 cm³/mol. The summed E-state index contributed by atoms with van der Waals surface area (Å²) in [6.45, 7) is 5.15. The second-order valence-electron chi connectivity index (χ2n) is 4.20. The topological polar surface area (TPSA) is 64.3 Å². The zero-order valence-corrected chi connectivity index (χ0v) is 10.6. The van der Waals surface area contributed by atoms with Gasteiger partial charge in [-0.3, -0.25) is 10.1 Å². The molecule has 3 N–H and O–H groups in total. The summed E-state index contributed by atoms with van der Waals surface area (Å²) in [5, 5.41) is 3.09. The van der Waals surface area contributed by atoms with Crippen LogP contribution in [0.1, 0.15) is 22.7 Å². The van der Waals surface area contributed by atoms with Gasteiger partial charge in [0.15, 0.2) is 0 Å². The Morgan fingerprint density at radius 3 is 2.41 bits per heavy atom. The average Bonchev–Trinajstić information content (AvgIpc) is 2.22. The molecule has 0 fully saturated rings. The second kappa shape index (κ2) is 6.37. The largest absolute Gasteiger partial charge is 0.383 e. The summed E-state index contributed by atoms with van der Waals surface area (Å²) in [4.78, 5) is 11.4. The van der Waals surface area contributed by atoms with E-state index in [1.54, 1.807) is 7.11 Å². The molecule has 17 heavy (non-hydrogen) atoms. The first-order valence-corrected chi connectivity index (χ1v) is 5.64. The van der Waals surface area contributed by atoms with Gasteiger partial charge in [0.25, 0.3) is 0 Å². The van der Waals surface area contributed by atoms with Crippen LogP contribution in [0.2, 0.25) is 0 Å². The number of hydrogen-bond donors (Lipinski definition) is 2. The highest BCUT2D eigenvalue weighted by molar-refractivity contribution is 5.81. The number of nitrogens with one attached hydrogen (secondary N) is 1. The lowest BCUT2D eigenvalue weighted by molar-refractivity contribution is -0.120. The molecule has 0 radical (unpaired) electrons. The maximum absolute atomic E-state index is 11.4. The normalized spacial score (nSPS) is 12.4. The molecule has 0 heterocycles. The molecule has 1 aromatic carbocycles. The van der Waals surface area contributed by atoms with E-state index in [1.807, 2.05) is 26.0 Å². The van der Waals surface area contributed by atoms with Crippen LogP contribution in [0.5, 0.6) is 0 Å². The molecular formula is C13H20N2O2. The van der Waals surface area contributed by atoms with Gasteiger partial charge < -0.3 is 10.5 Å². The summed E-state index contributed by atoms with van der Waals surface area (Å²) < 4.78 is 4.94. The third-order valence-corrected chi connectivity index (χ3v) is 2.52. The van der Waals surface area contributed by atoms with Gasteiger partial charge in [0.1, 0.15) is 6.04 Å². The van der Waals surface area contributed by atoms with Gasteiger partial charge in [-0.05, 0) is 19.4 Å². The molecular weight excluding hydrogens is 216 g/mol. The third-order valence-electron chi connectivity index (χ3n) is 2.52. The predicted octanol–water partition coefficient (Wildman–Crippen LogP) is 1.07. The van der Waals surface area contributed by atoms with E-state index in [-0.39, 0.29) is 5.91 Å².